The molecular weight excluding hydrogens is 1330 g/mol. The Hall–Kier alpha value is -1.94. The Morgan fingerprint density at radius 1 is 0.284 bits per heavy atom. The minimum atomic E-state index is -4.96. The van der Waals surface area contributed by atoms with Crippen LogP contribution in [0, 0.1) is 11.8 Å². The van der Waals surface area contributed by atoms with Crippen LogP contribution in [0.5, 0.6) is 0 Å². The highest BCUT2D eigenvalue weighted by molar-refractivity contribution is 7.47. The van der Waals surface area contributed by atoms with E-state index in [2.05, 4.69) is 41.5 Å². The third kappa shape index (κ3) is 74.9. The molecule has 0 rings (SSSR count). The Balaban J connectivity index is 5.23. The zero-order valence-corrected chi connectivity index (χ0v) is 68.7. The van der Waals surface area contributed by atoms with Crippen LogP contribution in [-0.4, -0.2) is 96.7 Å². The first-order chi connectivity index (χ1) is 49.4. The van der Waals surface area contributed by atoms with Gasteiger partial charge in [-0.1, -0.05) is 388 Å². The van der Waals surface area contributed by atoms with Crippen molar-refractivity contribution in [2.75, 3.05) is 39.6 Å². The molecule has 0 amide bonds. The summed E-state index contributed by atoms with van der Waals surface area (Å²) >= 11 is 0. The van der Waals surface area contributed by atoms with Gasteiger partial charge in [0.05, 0.1) is 26.4 Å². The van der Waals surface area contributed by atoms with E-state index in [-0.39, 0.29) is 25.7 Å². The van der Waals surface area contributed by atoms with Gasteiger partial charge in [0.1, 0.15) is 19.3 Å². The fourth-order valence-electron chi connectivity index (χ4n) is 12.9. The minimum Gasteiger partial charge on any atom is -0.462 e. The summed E-state index contributed by atoms with van der Waals surface area (Å²) in [7, 11) is -9.92. The highest BCUT2D eigenvalue weighted by Gasteiger charge is 2.30. The number of rotatable bonds is 82. The van der Waals surface area contributed by atoms with Crippen molar-refractivity contribution in [3.63, 3.8) is 0 Å². The van der Waals surface area contributed by atoms with Gasteiger partial charge in [-0.05, 0) is 37.5 Å². The molecule has 3 unspecified atom stereocenters. The third-order valence-electron chi connectivity index (χ3n) is 19.8. The normalized spacial score (nSPS) is 14.1. The summed E-state index contributed by atoms with van der Waals surface area (Å²) in [6.07, 6.45) is 65.1. The van der Waals surface area contributed by atoms with Gasteiger partial charge in [-0.15, -0.1) is 0 Å². The maximum Gasteiger partial charge on any atom is 0.472 e. The predicted molar refractivity (Wildman–Crippen MR) is 418 cm³/mol. The summed E-state index contributed by atoms with van der Waals surface area (Å²) in [6, 6.07) is 0. The Kier molecular flexibility index (Phi) is 73.1. The van der Waals surface area contributed by atoms with Crippen molar-refractivity contribution < 1.29 is 80.2 Å². The molecule has 6 atom stereocenters. The first-order valence-electron chi connectivity index (χ1n) is 43.0. The summed E-state index contributed by atoms with van der Waals surface area (Å²) in [6.45, 7) is 9.73. The number of esters is 4. The van der Waals surface area contributed by atoms with Crippen molar-refractivity contribution in [2.45, 2.75) is 458 Å². The molecule has 0 bridgehead atoms. The van der Waals surface area contributed by atoms with Gasteiger partial charge < -0.3 is 33.8 Å². The Morgan fingerprint density at radius 2 is 0.500 bits per heavy atom. The number of hydrogen-bond acceptors (Lipinski definition) is 15. The Morgan fingerprint density at radius 3 is 0.745 bits per heavy atom. The van der Waals surface area contributed by atoms with E-state index < -0.39 is 97.5 Å². The Labute approximate surface area is 626 Å². The fraction of sp³-hybridized carbons (Fsp3) is 0.952. The van der Waals surface area contributed by atoms with Crippen LogP contribution in [0.25, 0.3) is 0 Å². The molecule has 0 aliphatic rings. The number of aliphatic hydroxyl groups excluding tert-OH is 1. The molecule has 19 heteroatoms. The zero-order chi connectivity index (χ0) is 74.9. The van der Waals surface area contributed by atoms with Crippen LogP contribution in [-0.2, 0) is 65.4 Å². The lowest BCUT2D eigenvalue weighted by atomic mass is 9.99. The van der Waals surface area contributed by atoms with Gasteiger partial charge in [0.25, 0.3) is 0 Å². The molecule has 0 aromatic carbocycles. The van der Waals surface area contributed by atoms with E-state index in [1.807, 2.05) is 0 Å². The van der Waals surface area contributed by atoms with Crippen LogP contribution in [0.1, 0.15) is 440 Å². The van der Waals surface area contributed by atoms with E-state index in [1.165, 1.54) is 257 Å². The second-order valence-corrected chi connectivity index (χ2v) is 33.5. The number of ether oxygens (including phenoxy) is 4. The van der Waals surface area contributed by atoms with Gasteiger partial charge in [0, 0.05) is 25.7 Å². The molecule has 606 valence electrons. The maximum absolute atomic E-state index is 13.1. The summed E-state index contributed by atoms with van der Waals surface area (Å²) in [5, 5.41) is 10.7. The largest absolute Gasteiger partial charge is 0.472 e. The average molecular weight is 1490 g/mol. The monoisotopic (exact) mass is 1490 g/mol. The molecule has 0 aromatic heterocycles. The van der Waals surface area contributed by atoms with Crippen LogP contribution >= 0.6 is 15.6 Å². The molecule has 0 aromatic rings. The zero-order valence-electron chi connectivity index (χ0n) is 66.9. The van der Waals surface area contributed by atoms with Crippen molar-refractivity contribution in [1.82, 2.24) is 0 Å². The molecule has 0 fully saturated rings. The van der Waals surface area contributed by atoms with E-state index in [9.17, 15) is 43.2 Å². The molecule has 0 aliphatic heterocycles. The van der Waals surface area contributed by atoms with E-state index in [0.29, 0.717) is 25.7 Å². The summed E-state index contributed by atoms with van der Waals surface area (Å²) in [5.74, 6) is -0.451. The SMILES string of the molecule is CCCCCCCCCCCCCCCC(=O)O[C@H](COC(=O)CCCCCCCCCCCCCC)COP(=O)(O)OC[C@H](O)COP(=O)(O)OC[C@@H](COC(=O)CCCCCCCCCCCCCCC(C)C)OC(=O)CCCCCCCCCCCCCCCCCCCCC(C)CC. The molecule has 102 heavy (non-hydrogen) atoms. The van der Waals surface area contributed by atoms with Crippen molar-refractivity contribution in [2.24, 2.45) is 11.8 Å². The molecule has 0 radical (unpaired) electrons. The van der Waals surface area contributed by atoms with E-state index in [4.69, 9.17) is 37.0 Å². The number of carbonyl (C=O) groups excluding carboxylic acids is 4. The quantitative estimate of drug-likeness (QED) is 0.0222. The molecule has 0 aliphatic carbocycles. The van der Waals surface area contributed by atoms with Crippen LogP contribution in [0.2, 0.25) is 0 Å². The first-order valence-corrected chi connectivity index (χ1v) is 46.0. The predicted octanol–water partition coefficient (Wildman–Crippen LogP) is 25.1. The first kappa shape index (κ1) is 100. The van der Waals surface area contributed by atoms with Crippen LogP contribution in [0.3, 0.4) is 0 Å². The maximum atomic E-state index is 13.1. The van der Waals surface area contributed by atoms with Gasteiger partial charge in [0.2, 0.25) is 0 Å². The second-order valence-electron chi connectivity index (χ2n) is 30.6. The van der Waals surface area contributed by atoms with E-state index in [0.717, 1.165) is 102 Å². The number of unbranched alkanes of at least 4 members (excludes halogenated alkanes) is 51. The lowest BCUT2D eigenvalue weighted by Crippen LogP contribution is -2.30. The summed E-state index contributed by atoms with van der Waals surface area (Å²) in [5.41, 5.74) is 0. The summed E-state index contributed by atoms with van der Waals surface area (Å²) < 4.78 is 68.8. The minimum absolute atomic E-state index is 0.108. The summed E-state index contributed by atoms with van der Waals surface area (Å²) in [4.78, 5) is 73.1. The van der Waals surface area contributed by atoms with E-state index >= 15 is 0 Å². The van der Waals surface area contributed by atoms with Crippen LogP contribution < -0.4 is 0 Å². The van der Waals surface area contributed by atoms with Crippen molar-refractivity contribution in [1.29, 1.82) is 0 Å². The molecule has 0 spiro atoms. The molecular formula is C83H162O17P2. The van der Waals surface area contributed by atoms with Crippen LogP contribution in [0.4, 0.5) is 0 Å². The topological polar surface area (TPSA) is 237 Å². The molecule has 0 heterocycles. The average Bonchev–Trinajstić information content (AvgIpc) is 0.909. The van der Waals surface area contributed by atoms with Gasteiger partial charge in [-0.25, -0.2) is 9.13 Å². The molecule has 0 saturated heterocycles. The van der Waals surface area contributed by atoms with Gasteiger partial charge in [-0.3, -0.25) is 37.3 Å². The second kappa shape index (κ2) is 74.5. The highest BCUT2D eigenvalue weighted by atomic mass is 31.2. The highest BCUT2D eigenvalue weighted by Crippen LogP contribution is 2.45. The molecule has 3 N–H and O–H groups in total. The van der Waals surface area contributed by atoms with Gasteiger partial charge in [0.15, 0.2) is 12.2 Å². The number of aliphatic hydroxyl groups is 1. The van der Waals surface area contributed by atoms with Crippen molar-refractivity contribution >= 4 is 39.5 Å². The van der Waals surface area contributed by atoms with Crippen LogP contribution in [0.15, 0.2) is 0 Å². The molecule has 17 nitrogen and oxygen atoms in total. The lowest BCUT2D eigenvalue weighted by Gasteiger charge is -2.21. The Bertz CT molecular complexity index is 1960. The fourth-order valence-corrected chi connectivity index (χ4v) is 14.4. The van der Waals surface area contributed by atoms with E-state index in [1.54, 1.807) is 0 Å². The number of phosphoric acid groups is 2. The lowest BCUT2D eigenvalue weighted by molar-refractivity contribution is -0.161. The third-order valence-corrected chi connectivity index (χ3v) is 21.7. The van der Waals surface area contributed by atoms with Crippen molar-refractivity contribution in [3.05, 3.63) is 0 Å². The van der Waals surface area contributed by atoms with Gasteiger partial charge in [-0.2, -0.15) is 0 Å². The number of phosphoric ester groups is 2. The standard InChI is InChI=1S/C83H162O17P2/c1-7-10-12-14-16-18-20-28-37-43-49-55-61-67-82(87)99-78(71-93-80(85)65-59-53-47-41-35-21-19-17-15-13-11-8-2)73-97-101(89,90)95-69-77(84)70-96-102(91,92)98-74-79(72-94-81(86)66-60-54-48-42-36-32-31-33-39-45-51-57-63-75(4)5)100-83(88)68-62-56-50-44-38-30-27-25-23-22-24-26-29-34-40-46-52-58-64-76(6)9-3/h75-79,84H,7-74H2,1-6H3,(H,89,90)(H,91,92)/t76?,77-,78+,79+/m0/s1. The molecule has 0 saturated carbocycles. The van der Waals surface area contributed by atoms with Crippen molar-refractivity contribution in [3.8, 4) is 0 Å². The number of carbonyl (C=O) groups is 4. The van der Waals surface area contributed by atoms with Gasteiger partial charge >= 0.3 is 39.5 Å². The number of hydrogen-bond donors (Lipinski definition) is 3. The smallest absolute Gasteiger partial charge is 0.462 e.